The quantitative estimate of drug-likeness (QED) is 0.767. The van der Waals surface area contributed by atoms with E-state index in [4.69, 9.17) is 9.26 Å². The Labute approximate surface area is 146 Å². The first-order valence-electron chi connectivity index (χ1n) is 7.74. The molecule has 0 unspecified atom stereocenters. The lowest BCUT2D eigenvalue weighted by Gasteiger charge is -2.24. The molecule has 0 spiro atoms. The minimum Gasteiger partial charge on any atom is -0.492 e. The normalized spacial score (nSPS) is 11.2. The fourth-order valence-corrected chi connectivity index (χ4v) is 3.17. The zero-order valence-corrected chi connectivity index (χ0v) is 15.2. The molecule has 0 aliphatic carbocycles. The van der Waals surface area contributed by atoms with E-state index in [0.29, 0.717) is 29.6 Å². The van der Waals surface area contributed by atoms with Crippen LogP contribution in [0, 0.1) is 6.92 Å². The lowest BCUT2D eigenvalue weighted by atomic mass is 10.2. The van der Waals surface area contributed by atoms with E-state index >= 15 is 0 Å². The van der Waals surface area contributed by atoms with E-state index in [-0.39, 0.29) is 18.9 Å². The molecule has 1 amide bonds. The smallest absolute Gasteiger partial charge is 0.232 e. The van der Waals surface area contributed by atoms with Crippen LogP contribution in [0.4, 0.5) is 11.5 Å². The molecular formula is C16H21N3O5S. The lowest BCUT2D eigenvalue weighted by Crippen LogP contribution is -2.33. The largest absolute Gasteiger partial charge is 0.492 e. The summed E-state index contributed by atoms with van der Waals surface area (Å²) in [5.41, 5.74) is 0.400. The maximum Gasteiger partial charge on any atom is 0.232 e. The molecule has 0 radical (unpaired) electrons. The van der Waals surface area contributed by atoms with Crippen molar-refractivity contribution in [3.05, 3.63) is 36.1 Å². The molecule has 0 aliphatic rings. The van der Waals surface area contributed by atoms with Crippen molar-refractivity contribution in [2.75, 3.05) is 29.0 Å². The Morgan fingerprint density at radius 2 is 2.08 bits per heavy atom. The molecule has 1 N–H and O–H groups in total. The van der Waals surface area contributed by atoms with Crippen LogP contribution in [0.1, 0.15) is 19.1 Å². The summed E-state index contributed by atoms with van der Waals surface area (Å²) >= 11 is 0. The van der Waals surface area contributed by atoms with Gasteiger partial charge in [-0.05, 0) is 26.0 Å². The summed E-state index contributed by atoms with van der Waals surface area (Å²) in [5, 5.41) is 6.23. The Bertz CT molecular complexity index is 832. The number of hydrogen-bond donors (Lipinski definition) is 1. The number of nitrogens with zero attached hydrogens (tertiary/aromatic N) is 2. The highest BCUT2D eigenvalue weighted by molar-refractivity contribution is 7.92. The first-order valence-corrected chi connectivity index (χ1v) is 9.58. The molecule has 9 heteroatoms. The van der Waals surface area contributed by atoms with Crippen molar-refractivity contribution in [1.82, 2.24) is 5.16 Å². The van der Waals surface area contributed by atoms with Gasteiger partial charge in [0.15, 0.2) is 5.82 Å². The van der Waals surface area contributed by atoms with Crippen molar-refractivity contribution >= 4 is 27.4 Å². The average Bonchev–Trinajstić information content (AvgIpc) is 2.93. The zero-order chi connectivity index (χ0) is 18.4. The highest BCUT2D eigenvalue weighted by atomic mass is 32.2. The standard InChI is InChI=1S/C16H21N3O5S/c1-4-23-14-8-6-5-7-13(14)19(25(3,21)22)10-9-16(20)17-15-11-12(2)24-18-15/h5-8,11H,4,9-10H2,1-3H3,(H,17,18,20). The van der Waals surface area contributed by atoms with Crippen LogP contribution >= 0.6 is 0 Å². The third kappa shape index (κ3) is 5.21. The van der Waals surface area contributed by atoms with E-state index in [1.807, 2.05) is 6.92 Å². The molecule has 2 rings (SSSR count). The van der Waals surface area contributed by atoms with Gasteiger partial charge in [0.25, 0.3) is 0 Å². The molecule has 0 bridgehead atoms. The predicted molar refractivity (Wildman–Crippen MR) is 94.3 cm³/mol. The van der Waals surface area contributed by atoms with Gasteiger partial charge in [0.2, 0.25) is 15.9 Å². The van der Waals surface area contributed by atoms with Crippen molar-refractivity contribution in [3.63, 3.8) is 0 Å². The molecular weight excluding hydrogens is 346 g/mol. The Kier molecular flexibility index (Phi) is 6.02. The summed E-state index contributed by atoms with van der Waals surface area (Å²) in [6.45, 7) is 3.90. The van der Waals surface area contributed by atoms with Gasteiger partial charge in [0, 0.05) is 19.0 Å². The minimum atomic E-state index is -3.58. The summed E-state index contributed by atoms with van der Waals surface area (Å²) in [6.07, 6.45) is 1.05. The van der Waals surface area contributed by atoms with Gasteiger partial charge < -0.3 is 14.6 Å². The summed E-state index contributed by atoms with van der Waals surface area (Å²) < 4.78 is 35.9. The van der Waals surface area contributed by atoms with Crippen LogP contribution < -0.4 is 14.4 Å². The van der Waals surface area contributed by atoms with Crippen LogP contribution in [0.15, 0.2) is 34.9 Å². The molecule has 8 nitrogen and oxygen atoms in total. The van der Waals surface area contributed by atoms with Gasteiger partial charge in [-0.3, -0.25) is 9.10 Å². The number of amides is 1. The Hall–Kier alpha value is -2.55. The van der Waals surface area contributed by atoms with Gasteiger partial charge in [0.05, 0.1) is 18.6 Å². The maximum absolute atomic E-state index is 12.2. The van der Waals surface area contributed by atoms with Crippen LogP contribution in [0.25, 0.3) is 0 Å². The Balaban J connectivity index is 2.13. The van der Waals surface area contributed by atoms with Gasteiger partial charge in [0.1, 0.15) is 11.5 Å². The third-order valence-corrected chi connectivity index (χ3v) is 4.45. The number of carbonyl (C=O) groups is 1. The first-order chi connectivity index (χ1) is 11.8. The summed E-state index contributed by atoms with van der Waals surface area (Å²) in [4.78, 5) is 12.0. The van der Waals surface area contributed by atoms with E-state index in [1.165, 1.54) is 0 Å². The summed E-state index contributed by atoms with van der Waals surface area (Å²) in [5.74, 6) is 0.945. The van der Waals surface area contributed by atoms with E-state index in [1.54, 1.807) is 37.3 Å². The van der Waals surface area contributed by atoms with Crippen molar-refractivity contribution in [3.8, 4) is 5.75 Å². The van der Waals surface area contributed by atoms with Crippen LogP contribution in [0.2, 0.25) is 0 Å². The van der Waals surface area contributed by atoms with Gasteiger partial charge in [-0.2, -0.15) is 0 Å². The number of hydrogen-bond acceptors (Lipinski definition) is 6. The molecule has 0 aliphatic heterocycles. The number of nitrogens with one attached hydrogen (secondary N) is 1. The van der Waals surface area contributed by atoms with Crippen molar-refractivity contribution in [2.45, 2.75) is 20.3 Å². The molecule has 1 heterocycles. The van der Waals surface area contributed by atoms with Crippen molar-refractivity contribution < 1.29 is 22.5 Å². The minimum absolute atomic E-state index is 0.0222. The SMILES string of the molecule is CCOc1ccccc1N(CCC(=O)Nc1cc(C)on1)S(C)(=O)=O. The highest BCUT2D eigenvalue weighted by Gasteiger charge is 2.22. The number of aromatic nitrogens is 1. The summed E-state index contributed by atoms with van der Waals surface area (Å²) in [6, 6.07) is 8.39. The van der Waals surface area contributed by atoms with E-state index in [2.05, 4.69) is 10.5 Å². The zero-order valence-electron chi connectivity index (χ0n) is 14.4. The average molecular weight is 367 g/mol. The van der Waals surface area contributed by atoms with Gasteiger partial charge in [-0.25, -0.2) is 8.42 Å². The molecule has 136 valence electrons. The fourth-order valence-electron chi connectivity index (χ4n) is 2.24. The lowest BCUT2D eigenvalue weighted by molar-refractivity contribution is -0.116. The summed E-state index contributed by atoms with van der Waals surface area (Å²) in [7, 11) is -3.58. The number of sulfonamides is 1. The van der Waals surface area contributed by atoms with Crippen LogP contribution in [-0.2, 0) is 14.8 Å². The van der Waals surface area contributed by atoms with Crippen molar-refractivity contribution in [1.29, 1.82) is 0 Å². The van der Waals surface area contributed by atoms with E-state index in [9.17, 15) is 13.2 Å². The molecule has 0 atom stereocenters. The number of benzene rings is 1. The second kappa shape index (κ2) is 8.02. The molecule has 0 saturated heterocycles. The monoisotopic (exact) mass is 367 g/mol. The van der Waals surface area contributed by atoms with E-state index < -0.39 is 10.0 Å². The van der Waals surface area contributed by atoms with Crippen molar-refractivity contribution in [2.24, 2.45) is 0 Å². The van der Waals surface area contributed by atoms with Crippen LogP contribution in [0.5, 0.6) is 5.75 Å². The maximum atomic E-state index is 12.2. The second-order valence-electron chi connectivity index (χ2n) is 5.36. The first kappa shape index (κ1) is 18.8. The molecule has 1 aromatic carbocycles. The van der Waals surface area contributed by atoms with Gasteiger partial charge in [-0.15, -0.1) is 0 Å². The van der Waals surface area contributed by atoms with Crippen LogP contribution in [0.3, 0.4) is 0 Å². The molecule has 0 saturated carbocycles. The molecule has 0 fully saturated rings. The number of carbonyl (C=O) groups excluding carboxylic acids is 1. The number of aryl methyl sites for hydroxylation is 1. The fraction of sp³-hybridized carbons (Fsp3) is 0.375. The number of rotatable bonds is 8. The van der Waals surface area contributed by atoms with E-state index in [0.717, 1.165) is 10.6 Å². The molecule has 1 aromatic heterocycles. The Morgan fingerprint density at radius 1 is 1.36 bits per heavy atom. The predicted octanol–water partition coefficient (Wildman–Crippen LogP) is 2.18. The molecule has 25 heavy (non-hydrogen) atoms. The Morgan fingerprint density at radius 3 is 2.68 bits per heavy atom. The third-order valence-electron chi connectivity index (χ3n) is 3.27. The topological polar surface area (TPSA) is 102 Å². The number of ether oxygens (including phenoxy) is 1. The number of para-hydroxylation sites is 2. The van der Waals surface area contributed by atoms with Gasteiger partial charge >= 0.3 is 0 Å². The van der Waals surface area contributed by atoms with Gasteiger partial charge in [-0.1, -0.05) is 17.3 Å². The van der Waals surface area contributed by atoms with Crippen LogP contribution in [-0.4, -0.2) is 38.9 Å². The second-order valence-corrected chi connectivity index (χ2v) is 7.26. The highest BCUT2D eigenvalue weighted by Crippen LogP contribution is 2.30. The molecule has 2 aromatic rings. The number of anilines is 2.